The Bertz CT molecular complexity index is 586. The van der Waals surface area contributed by atoms with Crippen molar-refractivity contribution in [1.29, 1.82) is 0 Å². The van der Waals surface area contributed by atoms with Crippen LogP contribution in [0.1, 0.15) is 52.1 Å². The average molecular weight is 276 g/mol. The van der Waals surface area contributed by atoms with Gasteiger partial charge in [-0.3, -0.25) is 0 Å². The Balaban J connectivity index is 1.49. The minimum absolute atomic E-state index is 0.308. The number of ether oxygens (including phenoxy) is 1. The Morgan fingerprint density at radius 2 is 2.11 bits per heavy atom. The largest absolute Gasteiger partial charge is 0.425 e. The molecule has 2 fully saturated rings. The van der Waals surface area contributed by atoms with Crippen LogP contribution in [0, 0.1) is 6.92 Å². The van der Waals surface area contributed by atoms with E-state index in [4.69, 9.17) is 9.15 Å². The van der Waals surface area contributed by atoms with E-state index >= 15 is 0 Å². The summed E-state index contributed by atoms with van der Waals surface area (Å²) in [5, 5.41) is 8.44. The standard InChI is InChI=1S/C14H16N2O2S/c1-8-2-3-12(19-8)10-6-11(10)14-16-15-13(18-14)9-4-5-17-7-9/h2-3,9-11H,4-7H2,1H3/t9-,10-,11-/m1/s1. The lowest BCUT2D eigenvalue weighted by Gasteiger charge is -1.98. The molecule has 2 aromatic heterocycles. The van der Waals surface area contributed by atoms with Gasteiger partial charge in [0.25, 0.3) is 0 Å². The van der Waals surface area contributed by atoms with Crippen molar-refractivity contribution in [2.75, 3.05) is 13.2 Å². The maximum atomic E-state index is 5.85. The molecule has 2 aliphatic rings. The van der Waals surface area contributed by atoms with Crippen molar-refractivity contribution >= 4 is 11.3 Å². The first-order chi connectivity index (χ1) is 9.31. The highest BCUT2D eigenvalue weighted by atomic mass is 32.1. The lowest BCUT2D eigenvalue weighted by atomic mass is 10.1. The number of aromatic nitrogens is 2. The minimum atomic E-state index is 0.308. The quantitative estimate of drug-likeness (QED) is 0.863. The highest BCUT2D eigenvalue weighted by Crippen LogP contribution is 2.55. The predicted octanol–water partition coefficient (Wildman–Crippen LogP) is 3.21. The molecule has 2 aromatic rings. The highest BCUT2D eigenvalue weighted by molar-refractivity contribution is 7.12. The van der Waals surface area contributed by atoms with Gasteiger partial charge in [-0.15, -0.1) is 21.5 Å². The Morgan fingerprint density at radius 1 is 1.21 bits per heavy atom. The third-order valence-electron chi connectivity index (χ3n) is 3.97. The van der Waals surface area contributed by atoms with Crippen molar-refractivity contribution in [2.24, 2.45) is 0 Å². The predicted molar refractivity (Wildman–Crippen MR) is 71.6 cm³/mol. The van der Waals surface area contributed by atoms with Crippen LogP contribution in [0.2, 0.25) is 0 Å². The normalized spacial score (nSPS) is 29.8. The Labute approximate surface area is 115 Å². The molecule has 1 saturated heterocycles. The second kappa shape index (κ2) is 4.42. The maximum Gasteiger partial charge on any atom is 0.222 e. The van der Waals surface area contributed by atoms with Crippen LogP contribution in [-0.2, 0) is 4.74 Å². The van der Waals surface area contributed by atoms with Crippen LogP contribution in [0.4, 0.5) is 0 Å². The molecule has 0 aromatic carbocycles. The molecule has 0 amide bonds. The lowest BCUT2D eigenvalue weighted by Crippen LogP contribution is -1.97. The molecular weight excluding hydrogens is 260 g/mol. The van der Waals surface area contributed by atoms with Gasteiger partial charge in [0.05, 0.1) is 12.5 Å². The van der Waals surface area contributed by atoms with Crippen molar-refractivity contribution in [2.45, 2.75) is 37.5 Å². The molecule has 3 atom stereocenters. The van der Waals surface area contributed by atoms with Crippen LogP contribution in [0.25, 0.3) is 0 Å². The van der Waals surface area contributed by atoms with E-state index in [-0.39, 0.29) is 0 Å². The number of rotatable bonds is 3. The van der Waals surface area contributed by atoms with Crippen LogP contribution in [0.15, 0.2) is 16.5 Å². The summed E-state index contributed by atoms with van der Waals surface area (Å²) in [7, 11) is 0. The van der Waals surface area contributed by atoms with Gasteiger partial charge in [0, 0.05) is 28.2 Å². The number of hydrogen-bond acceptors (Lipinski definition) is 5. The van der Waals surface area contributed by atoms with E-state index < -0.39 is 0 Å². The van der Waals surface area contributed by atoms with Gasteiger partial charge in [0.15, 0.2) is 0 Å². The molecule has 5 heteroatoms. The number of nitrogens with zero attached hydrogens (tertiary/aromatic N) is 2. The minimum Gasteiger partial charge on any atom is -0.425 e. The van der Waals surface area contributed by atoms with Crippen molar-refractivity contribution in [3.05, 3.63) is 33.7 Å². The molecule has 3 heterocycles. The lowest BCUT2D eigenvalue weighted by molar-refractivity contribution is 0.190. The number of aryl methyl sites for hydroxylation is 1. The zero-order valence-corrected chi connectivity index (χ0v) is 11.7. The first kappa shape index (κ1) is 11.6. The van der Waals surface area contributed by atoms with E-state index in [0.717, 1.165) is 37.8 Å². The van der Waals surface area contributed by atoms with Crippen LogP contribution in [0.3, 0.4) is 0 Å². The first-order valence-corrected chi connectivity index (χ1v) is 7.60. The Morgan fingerprint density at radius 3 is 2.84 bits per heavy atom. The molecule has 4 rings (SSSR count). The number of thiophene rings is 1. The second-order valence-electron chi connectivity index (χ2n) is 5.44. The van der Waals surface area contributed by atoms with E-state index in [9.17, 15) is 0 Å². The summed E-state index contributed by atoms with van der Waals surface area (Å²) in [6.07, 6.45) is 2.14. The molecular formula is C14H16N2O2S. The van der Waals surface area contributed by atoms with Crippen LogP contribution < -0.4 is 0 Å². The van der Waals surface area contributed by atoms with Gasteiger partial charge < -0.3 is 9.15 Å². The van der Waals surface area contributed by atoms with Crippen molar-refractivity contribution in [1.82, 2.24) is 10.2 Å². The summed E-state index contributed by atoms with van der Waals surface area (Å²) in [5.74, 6) is 2.91. The van der Waals surface area contributed by atoms with Crippen molar-refractivity contribution in [3.63, 3.8) is 0 Å². The number of hydrogen-bond donors (Lipinski definition) is 0. The van der Waals surface area contributed by atoms with Gasteiger partial charge >= 0.3 is 0 Å². The van der Waals surface area contributed by atoms with E-state index in [1.54, 1.807) is 0 Å². The average Bonchev–Trinajstić information content (AvgIpc) is 2.86. The van der Waals surface area contributed by atoms with Crippen molar-refractivity contribution < 1.29 is 9.15 Å². The highest BCUT2D eigenvalue weighted by Gasteiger charge is 2.44. The fourth-order valence-electron chi connectivity index (χ4n) is 2.73. The fourth-order valence-corrected chi connectivity index (χ4v) is 3.78. The first-order valence-electron chi connectivity index (χ1n) is 6.78. The van der Waals surface area contributed by atoms with E-state index in [1.165, 1.54) is 9.75 Å². The Kier molecular flexibility index (Phi) is 2.70. The Hall–Kier alpha value is -1.20. The third kappa shape index (κ3) is 2.11. The molecule has 1 aliphatic heterocycles. The van der Waals surface area contributed by atoms with Crippen LogP contribution >= 0.6 is 11.3 Å². The van der Waals surface area contributed by atoms with E-state index in [0.29, 0.717) is 17.8 Å². The summed E-state index contributed by atoms with van der Waals surface area (Å²) in [6, 6.07) is 4.41. The fraction of sp³-hybridized carbons (Fsp3) is 0.571. The second-order valence-corrected chi connectivity index (χ2v) is 6.76. The zero-order valence-electron chi connectivity index (χ0n) is 10.8. The molecule has 4 nitrogen and oxygen atoms in total. The van der Waals surface area contributed by atoms with Gasteiger partial charge in [-0.25, -0.2) is 0 Å². The van der Waals surface area contributed by atoms with Crippen molar-refractivity contribution in [3.8, 4) is 0 Å². The smallest absolute Gasteiger partial charge is 0.222 e. The molecule has 0 N–H and O–H groups in total. The summed E-state index contributed by atoms with van der Waals surface area (Å²) in [5.41, 5.74) is 0. The molecule has 0 spiro atoms. The molecule has 0 bridgehead atoms. The maximum absolute atomic E-state index is 5.85. The molecule has 0 radical (unpaired) electrons. The third-order valence-corrected chi connectivity index (χ3v) is 5.10. The SMILES string of the molecule is Cc1ccc([C@@H]2C[C@H]2c2nnc([C@@H]3CCOC3)o2)s1. The molecule has 0 unspecified atom stereocenters. The zero-order chi connectivity index (χ0) is 12.8. The molecule has 1 aliphatic carbocycles. The topological polar surface area (TPSA) is 48.2 Å². The summed E-state index contributed by atoms with van der Waals surface area (Å²) >= 11 is 1.88. The van der Waals surface area contributed by atoms with E-state index in [2.05, 4.69) is 29.3 Å². The van der Waals surface area contributed by atoms with Crippen LogP contribution in [0.5, 0.6) is 0 Å². The van der Waals surface area contributed by atoms with Crippen LogP contribution in [-0.4, -0.2) is 23.4 Å². The molecule has 19 heavy (non-hydrogen) atoms. The van der Waals surface area contributed by atoms with Gasteiger partial charge in [-0.2, -0.15) is 0 Å². The van der Waals surface area contributed by atoms with Gasteiger partial charge in [-0.1, -0.05) is 0 Å². The summed E-state index contributed by atoms with van der Waals surface area (Å²) in [6.45, 7) is 3.68. The monoisotopic (exact) mass is 276 g/mol. The summed E-state index contributed by atoms with van der Waals surface area (Å²) in [4.78, 5) is 2.82. The van der Waals surface area contributed by atoms with Gasteiger partial charge in [0.2, 0.25) is 11.8 Å². The summed E-state index contributed by atoms with van der Waals surface area (Å²) < 4.78 is 11.2. The van der Waals surface area contributed by atoms with Gasteiger partial charge in [-0.05, 0) is 31.9 Å². The van der Waals surface area contributed by atoms with E-state index in [1.807, 2.05) is 11.3 Å². The molecule has 1 saturated carbocycles. The molecule has 100 valence electrons. The van der Waals surface area contributed by atoms with Gasteiger partial charge in [0.1, 0.15) is 0 Å².